The number of hydrogen-bond acceptors (Lipinski definition) is 4. The van der Waals surface area contributed by atoms with Crippen molar-refractivity contribution >= 4 is 11.8 Å². The zero-order valence-corrected chi connectivity index (χ0v) is 18.2. The van der Waals surface area contributed by atoms with Crippen LogP contribution in [0.25, 0.3) is 0 Å². The Kier molecular flexibility index (Phi) is 8.69. The van der Waals surface area contributed by atoms with Crippen LogP contribution in [0.5, 0.6) is 11.5 Å². The Bertz CT molecular complexity index is 987. The lowest BCUT2D eigenvalue weighted by molar-refractivity contribution is 0.0846. The molecule has 0 aromatic heterocycles. The number of hydrazine groups is 1. The normalized spacial score (nSPS) is 10.3. The van der Waals surface area contributed by atoms with Gasteiger partial charge in [-0.05, 0) is 60.5 Å². The van der Waals surface area contributed by atoms with Gasteiger partial charge in [0.25, 0.3) is 11.8 Å². The van der Waals surface area contributed by atoms with Crippen molar-refractivity contribution in [1.82, 2.24) is 10.9 Å². The number of amides is 2. The Hall–Kier alpha value is -3.80. The second-order valence-electron chi connectivity index (χ2n) is 7.29. The first-order valence-corrected chi connectivity index (χ1v) is 10.8. The maximum Gasteiger partial charge on any atom is 0.269 e. The van der Waals surface area contributed by atoms with Gasteiger partial charge in [0.05, 0.1) is 6.61 Å². The molecule has 0 aliphatic rings. The predicted molar refractivity (Wildman–Crippen MR) is 124 cm³/mol. The standard InChI is InChI=1S/C26H28N2O4/c1-2-3-7-18-31-23-14-10-21(11-15-23)25(29)27-28-26(30)22-12-16-24(17-13-22)32-19-20-8-5-4-6-9-20/h4-6,8-17H,2-3,7,18-19H2,1H3,(H,27,29)(H,28,30). The molecule has 2 N–H and O–H groups in total. The zero-order valence-electron chi connectivity index (χ0n) is 18.2. The fourth-order valence-corrected chi connectivity index (χ4v) is 2.95. The third kappa shape index (κ3) is 7.16. The molecular formula is C26H28N2O4. The van der Waals surface area contributed by atoms with Gasteiger partial charge in [-0.3, -0.25) is 20.4 Å². The molecule has 3 aromatic rings. The average Bonchev–Trinajstić information content (AvgIpc) is 2.85. The van der Waals surface area contributed by atoms with Crippen LogP contribution >= 0.6 is 0 Å². The maximum atomic E-state index is 12.3. The molecule has 6 heteroatoms. The predicted octanol–water partition coefficient (Wildman–Crippen LogP) is 4.91. The molecule has 0 fully saturated rings. The quantitative estimate of drug-likeness (QED) is 0.353. The van der Waals surface area contributed by atoms with Gasteiger partial charge in [0.15, 0.2) is 0 Å². The lowest BCUT2D eigenvalue weighted by Crippen LogP contribution is -2.41. The smallest absolute Gasteiger partial charge is 0.269 e. The molecule has 3 aromatic carbocycles. The van der Waals surface area contributed by atoms with E-state index in [1.165, 1.54) is 0 Å². The number of hydrogen-bond donors (Lipinski definition) is 2. The fourth-order valence-electron chi connectivity index (χ4n) is 2.95. The van der Waals surface area contributed by atoms with Crippen LogP contribution in [-0.2, 0) is 6.61 Å². The Morgan fingerprint density at radius 1 is 0.688 bits per heavy atom. The summed E-state index contributed by atoms with van der Waals surface area (Å²) in [5.74, 6) is 0.560. The summed E-state index contributed by atoms with van der Waals surface area (Å²) in [6.07, 6.45) is 3.27. The molecule has 0 saturated heterocycles. The highest BCUT2D eigenvalue weighted by molar-refractivity contribution is 5.99. The second kappa shape index (κ2) is 12.2. The van der Waals surface area contributed by atoms with Gasteiger partial charge in [-0.15, -0.1) is 0 Å². The van der Waals surface area contributed by atoms with Crippen LogP contribution in [0.2, 0.25) is 0 Å². The van der Waals surface area contributed by atoms with E-state index in [9.17, 15) is 9.59 Å². The van der Waals surface area contributed by atoms with Crippen LogP contribution in [0.3, 0.4) is 0 Å². The van der Waals surface area contributed by atoms with Crippen LogP contribution in [0.1, 0.15) is 52.5 Å². The molecule has 3 rings (SSSR count). The van der Waals surface area contributed by atoms with Crippen molar-refractivity contribution < 1.29 is 19.1 Å². The highest BCUT2D eigenvalue weighted by atomic mass is 16.5. The largest absolute Gasteiger partial charge is 0.494 e. The first kappa shape index (κ1) is 22.9. The van der Waals surface area contributed by atoms with E-state index in [1.54, 1.807) is 48.5 Å². The summed E-state index contributed by atoms with van der Waals surface area (Å²) < 4.78 is 11.4. The number of ether oxygens (including phenoxy) is 2. The number of carbonyl (C=O) groups excluding carboxylic acids is 2. The van der Waals surface area contributed by atoms with Crippen LogP contribution in [0, 0.1) is 0 Å². The zero-order chi connectivity index (χ0) is 22.6. The fraction of sp³-hybridized carbons (Fsp3) is 0.231. The van der Waals surface area contributed by atoms with E-state index in [2.05, 4.69) is 17.8 Å². The topological polar surface area (TPSA) is 76.7 Å². The van der Waals surface area contributed by atoms with E-state index in [-0.39, 0.29) is 0 Å². The van der Waals surface area contributed by atoms with Gasteiger partial charge in [0, 0.05) is 11.1 Å². The average molecular weight is 433 g/mol. The molecule has 0 saturated carbocycles. The highest BCUT2D eigenvalue weighted by Crippen LogP contribution is 2.15. The summed E-state index contributed by atoms with van der Waals surface area (Å²) >= 11 is 0. The Morgan fingerprint density at radius 3 is 1.75 bits per heavy atom. The molecule has 166 valence electrons. The molecule has 0 aliphatic carbocycles. The van der Waals surface area contributed by atoms with Crippen LogP contribution in [0.15, 0.2) is 78.9 Å². The molecule has 0 radical (unpaired) electrons. The molecule has 32 heavy (non-hydrogen) atoms. The molecule has 0 atom stereocenters. The van der Waals surface area contributed by atoms with Crippen molar-refractivity contribution in [3.05, 3.63) is 95.6 Å². The van der Waals surface area contributed by atoms with Gasteiger partial charge < -0.3 is 9.47 Å². The first-order valence-electron chi connectivity index (χ1n) is 10.8. The van der Waals surface area contributed by atoms with Crippen LogP contribution in [0.4, 0.5) is 0 Å². The molecule has 0 aliphatic heterocycles. The summed E-state index contributed by atoms with van der Waals surface area (Å²) in [5.41, 5.74) is 6.75. The Morgan fingerprint density at radius 2 is 1.22 bits per heavy atom. The molecule has 0 unspecified atom stereocenters. The Balaban J connectivity index is 1.43. The number of benzene rings is 3. The Labute approximate surface area is 188 Å². The van der Waals surface area contributed by atoms with Gasteiger partial charge >= 0.3 is 0 Å². The van der Waals surface area contributed by atoms with Gasteiger partial charge in [0.1, 0.15) is 18.1 Å². The SMILES string of the molecule is CCCCCOc1ccc(C(=O)NNC(=O)c2ccc(OCc3ccccc3)cc2)cc1. The van der Waals surface area contributed by atoms with Crippen molar-refractivity contribution in [3.8, 4) is 11.5 Å². The minimum Gasteiger partial charge on any atom is -0.494 e. The van der Waals surface area contributed by atoms with E-state index in [0.29, 0.717) is 30.1 Å². The van der Waals surface area contributed by atoms with Crippen molar-refractivity contribution in [2.24, 2.45) is 0 Å². The summed E-state index contributed by atoms with van der Waals surface area (Å²) in [4.78, 5) is 24.6. The van der Waals surface area contributed by atoms with Crippen LogP contribution < -0.4 is 20.3 Å². The number of nitrogens with one attached hydrogen (secondary N) is 2. The molecule has 0 heterocycles. The minimum absolute atomic E-state index is 0.404. The van der Waals surface area contributed by atoms with Crippen molar-refractivity contribution in [3.63, 3.8) is 0 Å². The van der Waals surface area contributed by atoms with Crippen LogP contribution in [-0.4, -0.2) is 18.4 Å². The monoisotopic (exact) mass is 432 g/mol. The number of unbranched alkanes of at least 4 members (excludes halogenated alkanes) is 2. The first-order chi connectivity index (χ1) is 15.7. The van der Waals surface area contributed by atoms with Crippen molar-refractivity contribution in [2.45, 2.75) is 32.8 Å². The summed E-state index contributed by atoms with van der Waals surface area (Å²) in [7, 11) is 0. The molecule has 6 nitrogen and oxygen atoms in total. The second-order valence-corrected chi connectivity index (χ2v) is 7.29. The third-order valence-corrected chi connectivity index (χ3v) is 4.79. The van der Waals surface area contributed by atoms with E-state index in [1.807, 2.05) is 30.3 Å². The summed E-state index contributed by atoms with van der Waals surface area (Å²) in [5, 5.41) is 0. The minimum atomic E-state index is -0.413. The van der Waals surface area contributed by atoms with Gasteiger partial charge in [0.2, 0.25) is 0 Å². The van der Waals surface area contributed by atoms with Crippen molar-refractivity contribution in [1.29, 1.82) is 0 Å². The van der Waals surface area contributed by atoms with Gasteiger partial charge in [-0.2, -0.15) is 0 Å². The van der Waals surface area contributed by atoms with Crippen molar-refractivity contribution in [2.75, 3.05) is 6.61 Å². The van der Waals surface area contributed by atoms with E-state index < -0.39 is 11.8 Å². The van der Waals surface area contributed by atoms with Gasteiger partial charge in [-0.1, -0.05) is 50.1 Å². The van der Waals surface area contributed by atoms with E-state index in [0.717, 1.165) is 30.6 Å². The highest BCUT2D eigenvalue weighted by Gasteiger charge is 2.10. The maximum absolute atomic E-state index is 12.3. The number of carbonyl (C=O) groups is 2. The molecule has 0 spiro atoms. The summed E-state index contributed by atoms with van der Waals surface area (Å²) in [6.45, 7) is 3.25. The lowest BCUT2D eigenvalue weighted by Gasteiger charge is -2.10. The summed E-state index contributed by atoms with van der Waals surface area (Å²) in [6, 6.07) is 23.4. The molecule has 2 amide bonds. The van der Waals surface area contributed by atoms with E-state index in [4.69, 9.17) is 9.47 Å². The molecule has 0 bridgehead atoms. The van der Waals surface area contributed by atoms with Gasteiger partial charge in [-0.25, -0.2) is 0 Å². The van der Waals surface area contributed by atoms with E-state index >= 15 is 0 Å². The molecular weight excluding hydrogens is 404 g/mol. The lowest BCUT2D eigenvalue weighted by atomic mass is 10.2. The number of rotatable bonds is 10. The third-order valence-electron chi connectivity index (χ3n) is 4.79.